The zero-order valence-electron chi connectivity index (χ0n) is 13.6. The van der Waals surface area contributed by atoms with Crippen molar-refractivity contribution < 1.29 is 0 Å². The fourth-order valence-corrected chi connectivity index (χ4v) is 3.09. The molecule has 0 aliphatic heterocycles. The summed E-state index contributed by atoms with van der Waals surface area (Å²) < 4.78 is 0. The molecule has 0 aromatic heterocycles. The van der Waals surface area contributed by atoms with Gasteiger partial charge in [0.1, 0.15) is 0 Å². The van der Waals surface area contributed by atoms with Crippen molar-refractivity contribution in [3.63, 3.8) is 0 Å². The lowest BCUT2D eigenvalue weighted by Gasteiger charge is -2.26. The van der Waals surface area contributed by atoms with E-state index in [1.807, 2.05) is 42.5 Å². The average Bonchev–Trinajstić information content (AvgIpc) is 2.70. The topological polar surface area (TPSA) is 27.0 Å². The third kappa shape index (κ3) is 2.84. The molecule has 0 fully saturated rings. The Morgan fingerprint density at radius 3 is 2.00 bits per heavy atom. The van der Waals surface area contributed by atoms with Crippen LogP contribution < -0.4 is 4.90 Å². The number of anilines is 3. The molecule has 0 radical (unpaired) electrons. The predicted octanol–water partition coefficient (Wildman–Crippen LogP) is 6.18. The number of nitrogens with zero attached hydrogens (tertiary/aromatic N) is 2. The second kappa shape index (κ2) is 6.51. The Labute approximate surface area is 147 Å². The molecule has 4 aromatic rings. The molecule has 118 valence electrons. The molecule has 2 heteroatoms. The van der Waals surface area contributed by atoms with Gasteiger partial charge in [-0.15, -0.1) is 0 Å². The summed E-state index contributed by atoms with van der Waals surface area (Å²) in [6.45, 7) is 0. The van der Waals surface area contributed by atoms with E-state index in [1.54, 1.807) is 0 Å². The van der Waals surface area contributed by atoms with Crippen molar-refractivity contribution in [1.29, 1.82) is 5.26 Å². The Balaban J connectivity index is 1.95. The van der Waals surface area contributed by atoms with Gasteiger partial charge in [-0.05, 0) is 47.9 Å². The molecule has 0 unspecified atom stereocenters. The van der Waals surface area contributed by atoms with Crippen LogP contribution in [-0.2, 0) is 0 Å². The van der Waals surface area contributed by atoms with E-state index in [2.05, 4.69) is 65.6 Å². The number of para-hydroxylation sites is 1. The second-order valence-corrected chi connectivity index (χ2v) is 5.83. The van der Waals surface area contributed by atoms with E-state index in [1.165, 1.54) is 10.8 Å². The van der Waals surface area contributed by atoms with Crippen molar-refractivity contribution in [1.82, 2.24) is 0 Å². The van der Waals surface area contributed by atoms with Gasteiger partial charge in [0.2, 0.25) is 0 Å². The van der Waals surface area contributed by atoms with Crippen LogP contribution in [-0.4, -0.2) is 0 Å². The van der Waals surface area contributed by atoms with E-state index >= 15 is 0 Å². The van der Waals surface area contributed by atoms with Crippen molar-refractivity contribution in [2.45, 2.75) is 0 Å². The van der Waals surface area contributed by atoms with Gasteiger partial charge in [0.25, 0.3) is 0 Å². The summed E-state index contributed by atoms with van der Waals surface area (Å²) in [5.74, 6) is 0. The molecule has 25 heavy (non-hydrogen) atoms. The largest absolute Gasteiger partial charge is 0.310 e. The molecule has 0 N–H and O–H groups in total. The van der Waals surface area contributed by atoms with Gasteiger partial charge < -0.3 is 4.90 Å². The van der Waals surface area contributed by atoms with Crippen LogP contribution in [0.1, 0.15) is 5.56 Å². The summed E-state index contributed by atoms with van der Waals surface area (Å²) >= 11 is 0. The van der Waals surface area contributed by atoms with E-state index in [0.29, 0.717) is 5.56 Å². The maximum Gasteiger partial charge on any atom is 0.0991 e. The SMILES string of the molecule is N#Cc1ccc(N(c2ccccc2)c2cccc3ccccc23)cc1. The third-order valence-corrected chi connectivity index (χ3v) is 4.28. The van der Waals surface area contributed by atoms with Gasteiger partial charge in [-0.25, -0.2) is 0 Å². The van der Waals surface area contributed by atoms with Gasteiger partial charge in [0, 0.05) is 16.8 Å². The molecule has 0 bridgehead atoms. The molecule has 0 atom stereocenters. The Morgan fingerprint density at radius 2 is 1.24 bits per heavy atom. The molecule has 0 amide bonds. The van der Waals surface area contributed by atoms with Crippen molar-refractivity contribution in [2.24, 2.45) is 0 Å². The molecule has 0 aliphatic carbocycles. The number of fused-ring (bicyclic) bond motifs is 1. The third-order valence-electron chi connectivity index (χ3n) is 4.28. The summed E-state index contributed by atoms with van der Waals surface area (Å²) in [5, 5.41) is 11.5. The van der Waals surface area contributed by atoms with Crippen molar-refractivity contribution >= 4 is 27.8 Å². The van der Waals surface area contributed by atoms with Crippen LogP contribution in [0.2, 0.25) is 0 Å². The lowest BCUT2D eigenvalue weighted by molar-refractivity contribution is 1.29. The fourth-order valence-electron chi connectivity index (χ4n) is 3.09. The maximum atomic E-state index is 9.08. The summed E-state index contributed by atoms with van der Waals surface area (Å²) in [6, 6.07) is 34.9. The van der Waals surface area contributed by atoms with Gasteiger partial charge in [0.15, 0.2) is 0 Å². The summed E-state index contributed by atoms with van der Waals surface area (Å²) in [6.07, 6.45) is 0. The predicted molar refractivity (Wildman–Crippen MR) is 103 cm³/mol. The van der Waals surface area contributed by atoms with Gasteiger partial charge in [-0.2, -0.15) is 5.26 Å². The van der Waals surface area contributed by atoms with Crippen LogP contribution in [0.15, 0.2) is 97.1 Å². The highest BCUT2D eigenvalue weighted by Gasteiger charge is 2.14. The highest BCUT2D eigenvalue weighted by molar-refractivity contribution is 5.98. The standard InChI is InChI=1S/C23H16N2/c24-17-18-13-15-21(16-14-18)25(20-9-2-1-3-10-20)23-12-6-8-19-7-4-5-11-22(19)23/h1-16H. The Morgan fingerprint density at radius 1 is 0.600 bits per heavy atom. The van der Waals surface area contributed by atoms with Crippen LogP contribution in [0.5, 0.6) is 0 Å². The first-order chi connectivity index (χ1) is 12.4. The summed E-state index contributed by atoms with van der Waals surface area (Å²) in [7, 11) is 0. The minimum absolute atomic E-state index is 0.662. The Kier molecular flexibility index (Phi) is 3.90. The molecule has 4 rings (SSSR count). The number of hydrogen-bond donors (Lipinski definition) is 0. The van der Waals surface area contributed by atoms with Crippen LogP contribution in [0.25, 0.3) is 10.8 Å². The first kappa shape index (κ1) is 15.0. The first-order valence-corrected chi connectivity index (χ1v) is 8.20. The van der Waals surface area contributed by atoms with Gasteiger partial charge >= 0.3 is 0 Å². The summed E-state index contributed by atoms with van der Waals surface area (Å²) in [5.41, 5.74) is 3.90. The van der Waals surface area contributed by atoms with Crippen molar-refractivity contribution in [3.05, 3.63) is 103 Å². The van der Waals surface area contributed by atoms with Crippen LogP contribution in [0, 0.1) is 11.3 Å². The molecular weight excluding hydrogens is 304 g/mol. The Hall–Kier alpha value is -3.57. The molecular formula is C23H16N2. The molecule has 0 heterocycles. The smallest absolute Gasteiger partial charge is 0.0991 e. The highest BCUT2D eigenvalue weighted by atomic mass is 15.1. The molecule has 0 spiro atoms. The fraction of sp³-hybridized carbons (Fsp3) is 0. The van der Waals surface area contributed by atoms with E-state index < -0.39 is 0 Å². The van der Waals surface area contributed by atoms with Crippen LogP contribution in [0.4, 0.5) is 17.1 Å². The average molecular weight is 320 g/mol. The number of benzene rings is 4. The van der Waals surface area contributed by atoms with E-state index in [9.17, 15) is 0 Å². The second-order valence-electron chi connectivity index (χ2n) is 5.83. The summed E-state index contributed by atoms with van der Waals surface area (Å²) in [4.78, 5) is 2.23. The van der Waals surface area contributed by atoms with Crippen LogP contribution >= 0.6 is 0 Å². The molecule has 0 aliphatic rings. The van der Waals surface area contributed by atoms with Gasteiger partial charge in [0.05, 0.1) is 17.3 Å². The van der Waals surface area contributed by atoms with E-state index in [4.69, 9.17) is 5.26 Å². The lowest BCUT2D eigenvalue weighted by atomic mass is 10.1. The number of hydrogen-bond acceptors (Lipinski definition) is 2. The maximum absolute atomic E-state index is 9.08. The quantitative estimate of drug-likeness (QED) is 0.450. The van der Waals surface area contributed by atoms with Gasteiger partial charge in [-0.1, -0.05) is 54.6 Å². The molecule has 0 saturated heterocycles. The van der Waals surface area contributed by atoms with Crippen molar-refractivity contribution in [3.8, 4) is 6.07 Å². The monoisotopic (exact) mass is 320 g/mol. The minimum Gasteiger partial charge on any atom is -0.310 e. The Bertz CT molecular complexity index is 1040. The number of nitriles is 1. The van der Waals surface area contributed by atoms with Gasteiger partial charge in [-0.3, -0.25) is 0 Å². The number of rotatable bonds is 3. The zero-order valence-corrected chi connectivity index (χ0v) is 13.6. The van der Waals surface area contributed by atoms with Crippen molar-refractivity contribution in [2.75, 3.05) is 4.90 Å². The van der Waals surface area contributed by atoms with Crippen LogP contribution in [0.3, 0.4) is 0 Å². The molecule has 0 saturated carbocycles. The molecule has 2 nitrogen and oxygen atoms in total. The van der Waals surface area contributed by atoms with E-state index in [-0.39, 0.29) is 0 Å². The lowest BCUT2D eigenvalue weighted by Crippen LogP contribution is -2.10. The molecule has 4 aromatic carbocycles. The zero-order chi connectivity index (χ0) is 17.1. The normalized spacial score (nSPS) is 10.4. The minimum atomic E-state index is 0.662. The first-order valence-electron chi connectivity index (χ1n) is 8.20. The van der Waals surface area contributed by atoms with E-state index in [0.717, 1.165) is 17.1 Å². The highest BCUT2D eigenvalue weighted by Crippen LogP contribution is 2.38.